The molecular weight excluding hydrogens is 282 g/mol. The number of hydrogen-bond acceptors (Lipinski definition) is 3. The molecule has 0 unspecified atom stereocenters. The van der Waals surface area contributed by atoms with E-state index >= 15 is 0 Å². The van der Waals surface area contributed by atoms with Gasteiger partial charge in [0.05, 0.1) is 6.04 Å². The Morgan fingerprint density at radius 3 is 2.64 bits per heavy atom. The Labute approximate surface area is 129 Å². The number of anilines is 1. The van der Waals surface area contributed by atoms with Crippen molar-refractivity contribution < 1.29 is 14.4 Å². The summed E-state index contributed by atoms with van der Waals surface area (Å²) in [5, 5.41) is 2.93. The van der Waals surface area contributed by atoms with Crippen LogP contribution in [0.15, 0.2) is 18.2 Å². The summed E-state index contributed by atoms with van der Waals surface area (Å²) in [7, 11) is 1.75. The molecule has 6 nitrogen and oxygen atoms in total. The van der Waals surface area contributed by atoms with Crippen LogP contribution in [0.4, 0.5) is 5.69 Å². The summed E-state index contributed by atoms with van der Waals surface area (Å²) < 4.78 is 0. The smallest absolute Gasteiger partial charge is 0.251 e. The average molecular weight is 301 g/mol. The van der Waals surface area contributed by atoms with Gasteiger partial charge in [-0.1, -0.05) is 0 Å². The fourth-order valence-corrected chi connectivity index (χ4v) is 2.89. The lowest BCUT2D eigenvalue weighted by Gasteiger charge is -2.38. The van der Waals surface area contributed by atoms with Gasteiger partial charge in [0.2, 0.25) is 11.8 Å². The Balaban J connectivity index is 1.67. The molecule has 1 N–H and O–H groups in total. The van der Waals surface area contributed by atoms with Gasteiger partial charge in [-0.05, 0) is 30.2 Å². The van der Waals surface area contributed by atoms with Gasteiger partial charge in [-0.25, -0.2) is 0 Å². The molecule has 0 saturated carbocycles. The van der Waals surface area contributed by atoms with E-state index < -0.39 is 0 Å². The Morgan fingerprint density at radius 1 is 1.23 bits per heavy atom. The molecule has 1 saturated heterocycles. The highest BCUT2D eigenvalue weighted by molar-refractivity contribution is 5.99. The zero-order chi connectivity index (χ0) is 15.9. The molecule has 6 heteroatoms. The first-order valence-corrected chi connectivity index (χ1v) is 7.41. The molecule has 2 heterocycles. The number of carbonyl (C=O) groups is 3. The highest BCUT2D eigenvalue weighted by Crippen LogP contribution is 2.27. The quantitative estimate of drug-likeness (QED) is 0.867. The number of fused-ring (bicyclic) bond motifs is 1. The molecule has 0 aliphatic carbocycles. The molecule has 3 amide bonds. The second-order valence-corrected chi connectivity index (χ2v) is 5.89. The maximum atomic E-state index is 12.3. The minimum atomic E-state index is -0.129. The van der Waals surface area contributed by atoms with E-state index in [9.17, 15) is 14.4 Å². The maximum absolute atomic E-state index is 12.3. The standard InChI is InChI=1S/C16H19N3O3/c1-10(20)19-8-13(9-19)17-16(22)12-3-5-14-11(7-12)4-6-15(21)18(14)2/h3,5,7,13H,4,6,8-9H2,1-2H3,(H,17,22). The third kappa shape index (κ3) is 2.56. The molecule has 2 aliphatic rings. The van der Waals surface area contributed by atoms with Crippen LogP contribution >= 0.6 is 0 Å². The Hall–Kier alpha value is -2.37. The van der Waals surface area contributed by atoms with Gasteiger partial charge in [0, 0.05) is 44.7 Å². The maximum Gasteiger partial charge on any atom is 0.251 e. The molecule has 22 heavy (non-hydrogen) atoms. The third-order valence-electron chi connectivity index (χ3n) is 4.35. The predicted molar refractivity (Wildman–Crippen MR) is 81.7 cm³/mol. The van der Waals surface area contributed by atoms with Crippen molar-refractivity contribution in [2.75, 3.05) is 25.0 Å². The van der Waals surface area contributed by atoms with Gasteiger partial charge in [0.15, 0.2) is 0 Å². The van der Waals surface area contributed by atoms with Crippen LogP contribution in [-0.4, -0.2) is 48.8 Å². The number of nitrogens with zero attached hydrogens (tertiary/aromatic N) is 2. The van der Waals surface area contributed by atoms with E-state index in [2.05, 4.69) is 5.32 Å². The summed E-state index contributed by atoms with van der Waals surface area (Å²) in [6, 6.07) is 5.44. The van der Waals surface area contributed by atoms with Crippen LogP contribution < -0.4 is 10.2 Å². The highest BCUT2D eigenvalue weighted by atomic mass is 16.2. The minimum Gasteiger partial charge on any atom is -0.346 e. The van der Waals surface area contributed by atoms with Crippen molar-refractivity contribution in [1.29, 1.82) is 0 Å². The molecule has 2 aliphatic heterocycles. The zero-order valence-corrected chi connectivity index (χ0v) is 12.8. The Kier molecular flexibility index (Phi) is 3.60. The molecule has 0 radical (unpaired) electrons. The van der Waals surface area contributed by atoms with Gasteiger partial charge >= 0.3 is 0 Å². The molecule has 116 valence electrons. The van der Waals surface area contributed by atoms with Gasteiger partial charge in [-0.2, -0.15) is 0 Å². The lowest BCUT2D eigenvalue weighted by atomic mass is 9.98. The van der Waals surface area contributed by atoms with Crippen molar-refractivity contribution in [1.82, 2.24) is 10.2 Å². The first kappa shape index (κ1) is 14.6. The van der Waals surface area contributed by atoms with Crippen molar-refractivity contribution in [3.05, 3.63) is 29.3 Å². The summed E-state index contributed by atoms with van der Waals surface area (Å²) in [5.41, 5.74) is 2.50. The molecule has 1 aromatic rings. The zero-order valence-electron chi connectivity index (χ0n) is 12.8. The number of benzene rings is 1. The number of likely N-dealkylation sites (tertiary alicyclic amines) is 1. The predicted octanol–water partition coefficient (Wildman–Crippen LogP) is 0.556. The van der Waals surface area contributed by atoms with Gasteiger partial charge in [-0.3, -0.25) is 14.4 Å². The van der Waals surface area contributed by atoms with Crippen LogP contribution in [0.3, 0.4) is 0 Å². The monoisotopic (exact) mass is 301 g/mol. The van der Waals surface area contributed by atoms with Crippen LogP contribution in [0, 0.1) is 0 Å². The summed E-state index contributed by atoms with van der Waals surface area (Å²) in [4.78, 5) is 38.4. The fourth-order valence-electron chi connectivity index (χ4n) is 2.89. The van der Waals surface area contributed by atoms with E-state index in [1.165, 1.54) is 6.92 Å². The molecule has 0 spiro atoms. The number of rotatable bonds is 2. The fraction of sp³-hybridized carbons (Fsp3) is 0.438. The van der Waals surface area contributed by atoms with E-state index in [4.69, 9.17) is 0 Å². The van der Waals surface area contributed by atoms with E-state index in [1.54, 1.807) is 22.9 Å². The minimum absolute atomic E-state index is 0.0247. The van der Waals surface area contributed by atoms with Crippen LogP contribution in [0.5, 0.6) is 0 Å². The molecule has 0 bridgehead atoms. The average Bonchev–Trinajstić information content (AvgIpc) is 2.45. The van der Waals surface area contributed by atoms with E-state index in [0.717, 1.165) is 11.3 Å². The number of carbonyl (C=O) groups excluding carboxylic acids is 3. The van der Waals surface area contributed by atoms with Crippen molar-refractivity contribution in [3.8, 4) is 0 Å². The normalized spacial score (nSPS) is 17.8. The van der Waals surface area contributed by atoms with Crippen molar-refractivity contribution >= 4 is 23.4 Å². The van der Waals surface area contributed by atoms with Crippen LogP contribution in [0.1, 0.15) is 29.3 Å². The highest BCUT2D eigenvalue weighted by Gasteiger charge is 2.30. The first-order valence-electron chi connectivity index (χ1n) is 7.41. The van der Waals surface area contributed by atoms with Crippen LogP contribution in [0.2, 0.25) is 0 Å². The van der Waals surface area contributed by atoms with E-state index in [0.29, 0.717) is 31.5 Å². The Morgan fingerprint density at radius 2 is 1.95 bits per heavy atom. The number of aryl methyl sites for hydroxylation is 1. The first-order chi connectivity index (χ1) is 10.5. The van der Waals surface area contributed by atoms with Crippen molar-refractivity contribution in [2.45, 2.75) is 25.8 Å². The van der Waals surface area contributed by atoms with Crippen LogP contribution in [0.25, 0.3) is 0 Å². The third-order valence-corrected chi connectivity index (χ3v) is 4.35. The number of amides is 3. The Bertz CT molecular complexity index is 650. The van der Waals surface area contributed by atoms with Gasteiger partial charge in [-0.15, -0.1) is 0 Å². The number of hydrogen-bond donors (Lipinski definition) is 1. The molecular formula is C16H19N3O3. The lowest BCUT2D eigenvalue weighted by molar-refractivity contribution is -0.133. The topological polar surface area (TPSA) is 69.7 Å². The van der Waals surface area contributed by atoms with Crippen molar-refractivity contribution in [2.24, 2.45) is 0 Å². The van der Waals surface area contributed by atoms with Gasteiger partial charge in [0.25, 0.3) is 5.91 Å². The van der Waals surface area contributed by atoms with E-state index in [-0.39, 0.29) is 23.8 Å². The van der Waals surface area contributed by atoms with Crippen LogP contribution in [-0.2, 0) is 16.0 Å². The van der Waals surface area contributed by atoms with Gasteiger partial charge < -0.3 is 15.1 Å². The van der Waals surface area contributed by atoms with Crippen molar-refractivity contribution in [3.63, 3.8) is 0 Å². The molecule has 1 aromatic carbocycles. The summed E-state index contributed by atoms with van der Waals surface area (Å²) in [6.07, 6.45) is 1.14. The second kappa shape index (κ2) is 5.44. The molecule has 0 aromatic heterocycles. The molecule has 3 rings (SSSR count). The summed E-state index contributed by atoms with van der Waals surface area (Å²) in [6.45, 7) is 2.67. The van der Waals surface area contributed by atoms with E-state index in [1.807, 2.05) is 12.1 Å². The SMILES string of the molecule is CC(=O)N1CC(NC(=O)c2ccc3c(c2)CCC(=O)N3C)C1. The summed E-state index contributed by atoms with van der Waals surface area (Å²) >= 11 is 0. The number of nitrogens with one attached hydrogen (secondary N) is 1. The second-order valence-electron chi connectivity index (χ2n) is 5.89. The molecule has 1 fully saturated rings. The largest absolute Gasteiger partial charge is 0.346 e. The van der Waals surface area contributed by atoms with Gasteiger partial charge in [0.1, 0.15) is 0 Å². The lowest BCUT2D eigenvalue weighted by Crippen LogP contribution is -2.60. The molecule has 0 atom stereocenters. The summed E-state index contributed by atoms with van der Waals surface area (Å²) in [5.74, 6) is 0.00559.